The van der Waals surface area contributed by atoms with Gasteiger partial charge in [0.05, 0.1) is 4.90 Å². The van der Waals surface area contributed by atoms with Crippen molar-refractivity contribution in [1.82, 2.24) is 9.62 Å². The first-order chi connectivity index (χ1) is 14.1. The van der Waals surface area contributed by atoms with Gasteiger partial charge in [-0.05, 0) is 42.0 Å². The van der Waals surface area contributed by atoms with Crippen molar-refractivity contribution in [2.24, 2.45) is 0 Å². The Bertz CT molecular complexity index is 994. The van der Waals surface area contributed by atoms with Gasteiger partial charge in [-0.1, -0.05) is 51.1 Å². The second kappa shape index (κ2) is 8.86. The highest BCUT2D eigenvalue weighted by Crippen LogP contribution is 2.29. The molecule has 2 aromatic rings. The summed E-state index contributed by atoms with van der Waals surface area (Å²) in [6, 6.07) is 13.3. The summed E-state index contributed by atoms with van der Waals surface area (Å²) in [7, 11) is -3.69. The van der Waals surface area contributed by atoms with E-state index in [1.807, 2.05) is 12.1 Å². The average Bonchev–Trinajstić information content (AvgIpc) is 3.51. The fourth-order valence-corrected chi connectivity index (χ4v) is 4.30. The van der Waals surface area contributed by atoms with Gasteiger partial charge in [0, 0.05) is 31.1 Å². The molecule has 0 heterocycles. The summed E-state index contributed by atoms with van der Waals surface area (Å²) < 4.78 is 41.6. The van der Waals surface area contributed by atoms with E-state index in [4.69, 9.17) is 0 Å². The van der Waals surface area contributed by atoms with Crippen molar-refractivity contribution in [3.63, 3.8) is 0 Å². The third-order valence-electron chi connectivity index (χ3n) is 5.27. The normalized spacial score (nSPS) is 14.5. The number of nitrogens with zero attached hydrogens (tertiary/aromatic N) is 1. The first-order valence-electron chi connectivity index (χ1n) is 10.2. The van der Waals surface area contributed by atoms with Crippen LogP contribution in [0.3, 0.4) is 0 Å². The molecule has 1 N–H and O–H groups in total. The third kappa shape index (κ3) is 5.67. The van der Waals surface area contributed by atoms with E-state index in [-0.39, 0.29) is 47.6 Å². The zero-order valence-corrected chi connectivity index (χ0v) is 18.5. The minimum Gasteiger partial charge on any atom is -0.335 e. The van der Waals surface area contributed by atoms with Crippen molar-refractivity contribution in [3.05, 3.63) is 65.5 Å². The fraction of sp³-hybridized carbons (Fsp3) is 0.435. The largest absolute Gasteiger partial charge is 0.335 e. The Balaban J connectivity index is 1.59. The molecule has 30 heavy (non-hydrogen) atoms. The molecule has 0 radical (unpaired) electrons. The molecule has 0 bridgehead atoms. The summed E-state index contributed by atoms with van der Waals surface area (Å²) in [5.41, 5.74) is 1.45. The number of sulfonamides is 1. The van der Waals surface area contributed by atoms with E-state index < -0.39 is 10.0 Å². The molecular weight excluding hydrogens is 403 g/mol. The lowest BCUT2D eigenvalue weighted by molar-refractivity contribution is -0.132. The molecule has 1 fully saturated rings. The maximum Gasteiger partial charge on any atom is 0.240 e. The number of nitrogens with one attached hydrogen (secondary N) is 1. The van der Waals surface area contributed by atoms with Crippen molar-refractivity contribution in [2.45, 2.75) is 62.9 Å². The van der Waals surface area contributed by atoms with E-state index in [1.54, 1.807) is 35.2 Å². The van der Waals surface area contributed by atoms with Crippen LogP contribution in [0.4, 0.5) is 4.39 Å². The third-order valence-corrected chi connectivity index (χ3v) is 6.75. The molecule has 0 atom stereocenters. The summed E-state index contributed by atoms with van der Waals surface area (Å²) >= 11 is 0. The lowest BCUT2D eigenvalue weighted by atomic mass is 9.87. The second-order valence-corrected chi connectivity index (χ2v) is 10.5. The van der Waals surface area contributed by atoms with Gasteiger partial charge in [0.1, 0.15) is 5.82 Å². The van der Waals surface area contributed by atoms with Gasteiger partial charge in [0.15, 0.2) is 0 Å². The van der Waals surface area contributed by atoms with Crippen molar-refractivity contribution >= 4 is 15.9 Å². The van der Waals surface area contributed by atoms with Gasteiger partial charge in [0.2, 0.25) is 15.9 Å². The van der Waals surface area contributed by atoms with Crippen molar-refractivity contribution in [2.75, 3.05) is 6.54 Å². The van der Waals surface area contributed by atoms with Crippen LogP contribution in [0.2, 0.25) is 0 Å². The van der Waals surface area contributed by atoms with Crippen LogP contribution < -0.4 is 4.72 Å². The van der Waals surface area contributed by atoms with Gasteiger partial charge in [-0.2, -0.15) is 0 Å². The highest BCUT2D eigenvalue weighted by molar-refractivity contribution is 7.89. The molecule has 162 valence electrons. The Morgan fingerprint density at radius 3 is 2.30 bits per heavy atom. The number of halogens is 1. The average molecular weight is 433 g/mol. The number of carbonyl (C=O) groups is 1. The Kier molecular flexibility index (Phi) is 6.62. The minimum atomic E-state index is -3.69. The fourth-order valence-electron chi connectivity index (χ4n) is 3.27. The van der Waals surface area contributed by atoms with Crippen LogP contribution in [0.5, 0.6) is 0 Å². The van der Waals surface area contributed by atoms with Gasteiger partial charge >= 0.3 is 0 Å². The summed E-state index contributed by atoms with van der Waals surface area (Å²) in [6.07, 6.45) is 1.82. The highest BCUT2D eigenvalue weighted by atomic mass is 32.2. The molecule has 1 saturated carbocycles. The van der Waals surface area contributed by atoms with Gasteiger partial charge < -0.3 is 4.90 Å². The van der Waals surface area contributed by atoms with Gasteiger partial charge in [-0.3, -0.25) is 4.79 Å². The zero-order valence-electron chi connectivity index (χ0n) is 17.7. The van der Waals surface area contributed by atoms with E-state index in [9.17, 15) is 17.6 Å². The summed E-state index contributed by atoms with van der Waals surface area (Å²) in [5, 5.41) is 0. The smallest absolute Gasteiger partial charge is 0.240 e. The lowest BCUT2D eigenvalue weighted by Crippen LogP contribution is -2.36. The van der Waals surface area contributed by atoms with Crippen LogP contribution in [-0.4, -0.2) is 31.8 Å². The molecule has 0 aromatic heterocycles. The van der Waals surface area contributed by atoms with E-state index in [2.05, 4.69) is 25.5 Å². The maximum absolute atomic E-state index is 14.0. The molecule has 0 unspecified atom stereocenters. The van der Waals surface area contributed by atoms with E-state index in [0.717, 1.165) is 18.4 Å². The first kappa shape index (κ1) is 22.4. The Morgan fingerprint density at radius 1 is 1.10 bits per heavy atom. The molecule has 0 aliphatic heterocycles. The summed E-state index contributed by atoms with van der Waals surface area (Å²) in [6.45, 7) is 6.40. The monoisotopic (exact) mass is 432 g/mol. The molecule has 1 aliphatic rings. The Morgan fingerprint density at radius 2 is 1.73 bits per heavy atom. The van der Waals surface area contributed by atoms with Crippen molar-refractivity contribution < 1.29 is 17.6 Å². The van der Waals surface area contributed by atoms with Crippen molar-refractivity contribution in [1.29, 1.82) is 0 Å². The standard InChI is InChI=1S/C23H29FN2O3S/c1-23(2,3)18-8-12-20(13-9-18)30(28,29)25-15-14-22(27)26(19-10-11-19)16-17-6-4-5-7-21(17)24/h4-9,12-13,19,25H,10-11,14-16H2,1-3H3. The molecule has 7 heteroatoms. The maximum atomic E-state index is 14.0. The van der Waals surface area contributed by atoms with E-state index in [0.29, 0.717) is 5.56 Å². The summed E-state index contributed by atoms with van der Waals surface area (Å²) in [5.74, 6) is -0.512. The molecule has 0 saturated heterocycles. The molecular formula is C23H29FN2O3S. The van der Waals surface area contributed by atoms with Gasteiger partial charge in [-0.25, -0.2) is 17.5 Å². The molecule has 0 spiro atoms. The van der Waals surface area contributed by atoms with E-state index in [1.165, 1.54) is 6.07 Å². The number of benzene rings is 2. The van der Waals surface area contributed by atoms with E-state index >= 15 is 0 Å². The van der Waals surface area contributed by atoms with Gasteiger partial charge in [0.25, 0.3) is 0 Å². The SMILES string of the molecule is CC(C)(C)c1ccc(S(=O)(=O)NCCC(=O)N(Cc2ccccc2F)C2CC2)cc1. The number of hydrogen-bond donors (Lipinski definition) is 1. The Hall–Kier alpha value is -2.25. The predicted octanol–water partition coefficient (Wildman–Crippen LogP) is 3.98. The molecule has 3 rings (SSSR count). The number of hydrogen-bond acceptors (Lipinski definition) is 3. The van der Waals surface area contributed by atoms with Crippen LogP contribution in [0, 0.1) is 5.82 Å². The van der Waals surface area contributed by atoms with Crippen LogP contribution in [0.1, 0.15) is 51.2 Å². The Labute approximate surface area is 178 Å². The number of amides is 1. The van der Waals surface area contributed by atoms with Crippen LogP contribution in [0.15, 0.2) is 53.4 Å². The summed E-state index contributed by atoms with van der Waals surface area (Å²) in [4.78, 5) is 14.5. The zero-order chi connectivity index (χ0) is 21.9. The topological polar surface area (TPSA) is 66.5 Å². The van der Waals surface area contributed by atoms with Crippen LogP contribution in [0.25, 0.3) is 0 Å². The molecule has 1 aliphatic carbocycles. The molecule has 2 aromatic carbocycles. The first-order valence-corrected chi connectivity index (χ1v) is 11.7. The number of carbonyl (C=O) groups excluding carboxylic acids is 1. The highest BCUT2D eigenvalue weighted by Gasteiger charge is 2.32. The van der Waals surface area contributed by atoms with Crippen molar-refractivity contribution in [3.8, 4) is 0 Å². The quantitative estimate of drug-likeness (QED) is 0.686. The number of rotatable bonds is 8. The van der Waals surface area contributed by atoms with Gasteiger partial charge in [-0.15, -0.1) is 0 Å². The molecule has 1 amide bonds. The second-order valence-electron chi connectivity index (χ2n) is 8.77. The molecule has 5 nitrogen and oxygen atoms in total. The van der Waals surface area contributed by atoms with Crippen LogP contribution >= 0.6 is 0 Å². The predicted molar refractivity (Wildman–Crippen MR) is 115 cm³/mol. The minimum absolute atomic E-state index is 0.00266. The van der Waals surface area contributed by atoms with Crippen LogP contribution in [-0.2, 0) is 26.8 Å². The lowest BCUT2D eigenvalue weighted by Gasteiger charge is -2.23.